The van der Waals surface area contributed by atoms with Crippen LogP contribution < -0.4 is 30.1 Å². The third-order valence-corrected chi connectivity index (χ3v) is 2.16. The van der Waals surface area contributed by atoms with Gasteiger partial charge in [-0.25, -0.2) is 8.42 Å². The van der Waals surface area contributed by atoms with Gasteiger partial charge in [-0.05, 0) is 24.3 Å². The Labute approximate surface area is 88.2 Å². The van der Waals surface area contributed by atoms with Crippen LogP contribution in [0.1, 0.15) is 0 Å². The molecule has 0 aliphatic carbocycles. The Bertz CT molecular complexity index is 362. The molecule has 1 aromatic carbocycles. The predicted octanol–water partition coefficient (Wildman–Crippen LogP) is -3.12. The van der Waals surface area contributed by atoms with Gasteiger partial charge < -0.3 is 9.98 Å². The van der Waals surface area contributed by atoms with Crippen molar-refractivity contribution in [2.24, 2.45) is 5.84 Å². The maximum Gasteiger partial charge on any atom is 1.00 e. The van der Waals surface area contributed by atoms with E-state index in [2.05, 4.69) is 5.43 Å². The van der Waals surface area contributed by atoms with Crippen molar-refractivity contribution in [2.75, 3.05) is 5.43 Å². The third-order valence-electron chi connectivity index (χ3n) is 1.31. The summed E-state index contributed by atoms with van der Waals surface area (Å²) in [5, 5.41) is 0. The van der Waals surface area contributed by atoms with Gasteiger partial charge in [-0.1, -0.05) is 0 Å². The van der Waals surface area contributed by atoms with E-state index in [0.717, 1.165) is 0 Å². The van der Waals surface area contributed by atoms with Crippen molar-refractivity contribution in [3.63, 3.8) is 0 Å². The fourth-order valence-corrected chi connectivity index (χ4v) is 1.19. The first kappa shape index (κ1) is 12.5. The molecule has 0 bridgehead atoms. The first-order valence-electron chi connectivity index (χ1n) is 3.06. The minimum atomic E-state index is -4.35. The number of benzene rings is 1. The Hall–Kier alpha value is -0.513. The van der Waals surface area contributed by atoms with E-state index in [9.17, 15) is 13.0 Å². The Kier molecular flexibility index (Phi) is 4.46. The molecule has 0 saturated carbocycles. The van der Waals surface area contributed by atoms with Gasteiger partial charge in [0, 0.05) is 5.69 Å². The molecule has 0 aliphatic heterocycles. The Morgan fingerprint density at radius 1 is 1.23 bits per heavy atom. The molecule has 1 aromatic rings. The molecule has 13 heavy (non-hydrogen) atoms. The Balaban J connectivity index is 0.00000144. The van der Waals surface area contributed by atoms with Crippen LogP contribution in [0.3, 0.4) is 0 Å². The number of nitrogens with one attached hydrogen (secondary N) is 1. The molecular formula is C6H7LiN2O3S. The second kappa shape index (κ2) is 4.65. The number of rotatable bonds is 2. The maximum absolute atomic E-state index is 10.4. The molecule has 0 heterocycles. The Morgan fingerprint density at radius 3 is 2.00 bits per heavy atom. The standard InChI is InChI=1S/C6H8N2O3S.Li/c7-8-5-1-3-6(4-2-5)12(9,10)11;/h1-4,8H,7H2,(H,9,10,11);/q;+1/p-1. The largest absolute Gasteiger partial charge is 1.00 e. The van der Waals surface area contributed by atoms with E-state index in [1.54, 1.807) is 0 Å². The smallest absolute Gasteiger partial charge is 0.744 e. The second-order valence-corrected chi connectivity index (χ2v) is 3.50. The third kappa shape index (κ3) is 3.38. The van der Waals surface area contributed by atoms with Crippen molar-refractivity contribution in [1.29, 1.82) is 0 Å². The second-order valence-electron chi connectivity index (χ2n) is 2.12. The molecule has 0 spiro atoms. The monoisotopic (exact) mass is 194 g/mol. The van der Waals surface area contributed by atoms with Crippen LogP contribution >= 0.6 is 0 Å². The summed E-state index contributed by atoms with van der Waals surface area (Å²) in [6.07, 6.45) is 0. The summed E-state index contributed by atoms with van der Waals surface area (Å²) in [7, 11) is -4.35. The zero-order valence-electron chi connectivity index (χ0n) is 7.02. The zero-order valence-corrected chi connectivity index (χ0v) is 7.84. The summed E-state index contributed by atoms with van der Waals surface area (Å²) in [4.78, 5) is -0.262. The molecule has 0 atom stereocenters. The van der Waals surface area contributed by atoms with Gasteiger partial charge in [0.05, 0.1) is 4.90 Å². The molecule has 0 aliphatic rings. The molecule has 3 N–H and O–H groups in total. The molecule has 0 amide bonds. The molecular weight excluding hydrogens is 187 g/mol. The fraction of sp³-hybridized carbons (Fsp3) is 0. The maximum atomic E-state index is 10.4. The van der Waals surface area contributed by atoms with E-state index in [-0.39, 0.29) is 23.8 Å². The summed E-state index contributed by atoms with van der Waals surface area (Å²) in [6.45, 7) is 0. The van der Waals surface area contributed by atoms with Crippen molar-refractivity contribution in [3.05, 3.63) is 24.3 Å². The molecule has 1 rings (SSSR count). The summed E-state index contributed by atoms with van der Waals surface area (Å²) in [5.74, 6) is 5.03. The van der Waals surface area contributed by atoms with Gasteiger partial charge in [-0.15, -0.1) is 0 Å². The van der Waals surface area contributed by atoms with Crippen molar-refractivity contribution in [3.8, 4) is 0 Å². The van der Waals surface area contributed by atoms with Crippen LogP contribution in [-0.2, 0) is 10.1 Å². The van der Waals surface area contributed by atoms with Crippen LogP contribution in [0.25, 0.3) is 0 Å². The number of hydrogen-bond donors (Lipinski definition) is 2. The van der Waals surface area contributed by atoms with E-state index in [1.807, 2.05) is 0 Å². The molecule has 0 aromatic heterocycles. The SMILES string of the molecule is NNc1ccc(S(=O)(=O)[O-])cc1.[Li+]. The van der Waals surface area contributed by atoms with E-state index >= 15 is 0 Å². The minimum Gasteiger partial charge on any atom is -0.744 e. The van der Waals surface area contributed by atoms with Crippen LogP contribution in [0.2, 0.25) is 0 Å². The van der Waals surface area contributed by atoms with Gasteiger partial charge in [0.1, 0.15) is 10.1 Å². The fourth-order valence-electron chi connectivity index (χ4n) is 0.718. The predicted molar refractivity (Wildman–Crippen MR) is 42.2 cm³/mol. The first-order valence-corrected chi connectivity index (χ1v) is 4.47. The molecule has 0 saturated heterocycles. The van der Waals surface area contributed by atoms with Crippen molar-refractivity contribution >= 4 is 15.8 Å². The topological polar surface area (TPSA) is 95.2 Å². The molecule has 66 valence electrons. The van der Waals surface area contributed by atoms with Gasteiger partial charge in [-0.3, -0.25) is 5.84 Å². The molecule has 0 radical (unpaired) electrons. The van der Waals surface area contributed by atoms with E-state index < -0.39 is 10.1 Å². The number of nitrogens with two attached hydrogens (primary N) is 1. The summed E-state index contributed by atoms with van der Waals surface area (Å²) in [6, 6.07) is 5.20. The van der Waals surface area contributed by atoms with E-state index in [4.69, 9.17) is 5.84 Å². The Morgan fingerprint density at radius 2 is 1.69 bits per heavy atom. The number of anilines is 1. The first-order chi connectivity index (χ1) is 5.54. The van der Waals surface area contributed by atoms with Gasteiger partial charge in [0.2, 0.25) is 0 Å². The van der Waals surface area contributed by atoms with Crippen LogP contribution in [-0.4, -0.2) is 13.0 Å². The van der Waals surface area contributed by atoms with Gasteiger partial charge in [0.15, 0.2) is 0 Å². The van der Waals surface area contributed by atoms with Crippen molar-refractivity contribution in [1.82, 2.24) is 0 Å². The van der Waals surface area contributed by atoms with Crippen molar-refractivity contribution in [2.45, 2.75) is 4.90 Å². The molecule has 0 unspecified atom stereocenters. The summed E-state index contributed by atoms with van der Waals surface area (Å²) < 4.78 is 31.3. The van der Waals surface area contributed by atoms with Crippen LogP contribution in [0.4, 0.5) is 5.69 Å². The summed E-state index contributed by atoms with van der Waals surface area (Å²) in [5.41, 5.74) is 2.85. The van der Waals surface area contributed by atoms with Gasteiger partial charge in [0.25, 0.3) is 0 Å². The average Bonchev–Trinajstić information content (AvgIpc) is 2.03. The summed E-state index contributed by atoms with van der Waals surface area (Å²) >= 11 is 0. The zero-order chi connectivity index (χ0) is 9.19. The molecule has 7 heteroatoms. The molecule has 5 nitrogen and oxygen atoms in total. The van der Waals surface area contributed by atoms with Gasteiger partial charge in [-0.2, -0.15) is 0 Å². The van der Waals surface area contributed by atoms with Gasteiger partial charge >= 0.3 is 18.9 Å². The molecule has 0 fully saturated rings. The number of hydrogen-bond acceptors (Lipinski definition) is 5. The average molecular weight is 194 g/mol. The van der Waals surface area contributed by atoms with Crippen LogP contribution in [0.15, 0.2) is 29.2 Å². The minimum absolute atomic E-state index is 0. The number of hydrazine groups is 1. The van der Waals surface area contributed by atoms with Crippen molar-refractivity contribution < 1.29 is 31.8 Å². The normalized spacial score (nSPS) is 10.3. The van der Waals surface area contributed by atoms with E-state index in [0.29, 0.717) is 5.69 Å². The van der Waals surface area contributed by atoms with Crippen LogP contribution in [0.5, 0.6) is 0 Å². The van der Waals surface area contributed by atoms with Crippen LogP contribution in [0, 0.1) is 0 Å². The quantitative estimate of drug-likeness (QED) is 0.225. The van der Waals surface area contributed by atoms with E-state index in [1.165, 1.54) is 24.3 Å². The number of nitrogen functional groups attached to an aromatic ring is 1.